The largest absolute Gasteiger partial charge is 0.434 e. The Bertz CT molecular complexity index is 332. The van der Waals surface area contributed by atoms with Crippen molar-refractivity contribution in [3.8, 4) is 5.75 Å². The topological polar surface area (TPSA) is 47.3 Å². The van der Waals surface area contributed by atoms with E-state index < -0.39 is 6.61 Å². The van der Waals surface area contributed by atoms with Crippen LogP contribution in [-0.4, -0.2) is 6.61 Å². The molecule has 0 aliphatic rings. The van der Waals surface area contributed by atoms with Gasteiger partial charge in [-0.3, -0.25) is 11.3 Å². The average molecular weight is 230 g/mol. The van der Waals surface area contributed by atoms with Crippen LogP contribution in [0.3, 0.4) is 0 Å². The lowest BCUT2D eigenvalue weighted by Gasteiger charge is -2.22. The molecular formula is C11H16F2N2O. The summed E-state index contributed by atoms with van der Waals surface area (Å²) in [5.74, 6) is 5.75. The van der Waals surface area contributed by atoms with Gasteiger partial charge in [-0.1, -0.05) is 32.0 Å². The molecule has 1 rings (SSSR count). The van der Waals surface area contributed by atoms with Gasteiger partial charge in [-0.25, -0.2) is 0 Å². The number of nitrogens with one attached hydrogen (secondary N) is 1. The van der Waals surface area contributed by atoms with E-state index in [0.29, 0.717) is 5.56 Å². The fourth-order valence-corrected chi connectivity index (χ4v) is 1.58. The highest BCUT2D eigenvalue weighted by atomic mass is 19.3. The molecule has 0 radical (unpaired) electrons. The molecule has 0 aromatic heterocycles. The summed E-state index contributed by atoms with van der Waals surface area (Å²) in [5.41, 5.74) is 3.25. The maximum absolute atomic E-state index is 12.2. The maximum atomic E-state index is 12.2. The van der Waals surface area contributed by atoms with Crippen LogP contribution in [0, 0.1) is 5.92 Å². The van der Waals surface area contributed by atoms with Crippen LogP contribution in [-0.2, 0) is 0 Å². The highest BCUT2D eigenvalue weighted by Crippen LogP contribution is 2.30. The van der Waals surface area contributed by atoms with Gasteiger partial charge in [0, 0.05) is 5.56 Å². The maximum Gasteiger partial charge on any atom is 0.387 e. The zero-order valence-corrected chi connectivity index (χ0v) is 9.28. The Morgan fingerprint density at radius 1 is 1.25 bits per heavy atom. The summed E-state index contributed by atoms with van der Waals surface area (Å²) >= 11 is 0. The highest BCUT2D eigenvalue weighted by molar-refractivity contribution is 5.36. The second-order valence-electron chi connectivity index (χ2n) is 3.80. The number of hydrogen-bond donors (Lipinski definition) is 2. The first-order chi connectivity index (χ1) is 7.56. The van der Waals surface area contributed by atoms with Crippen LogP contribution in [0.4, 0.5) is 8.78 Å². The van der Waals surface area contributed by atoms with Gasteiger partial charge in [-0.2, -0.15) is 8.78 Å². The lowest BCUT2D eigenvalue weighted by molar-refractivity contribution is -0.0508. The summed E-state index contributed by atoms with van der Waals surface area (Å²) in [6, 6.07) is 6.43. The Morgan fingerprint density at radius 2 is 1.88 bits per heavy atom. The SMILES string of the molecule is CC(C)C(NN)c1ccccc1OC(F)F. The molecule has 1 unspecified atom stereocenters. The van der Waals surface area contributed by atoms with E-state index in [4.69, 9.17) is 5.84 Å². The van der Waals surface area contributed by atoms with Gasteiger partial charge in [0.15, 0.2) is 0 Å². The van der Waals surface area contributed by atoms with Crippen molar-refractivity contribution in [3.05, 3.63) is 29.8 Å². The molecule has 1 aromatic carbocycles. The van der Waals surface area contributed by atoms with Gasteiger partial charge in [-0.15, -0.1) is 0 Å². The Morgan fingerprint density at radius 3 is 2.38 bits per heavy atom. The monoisotopic (exact) mass is 230 g/mol. The molecular weight excluding hydrogens is 214 g/mol. The third kappa shape index (κ3) is 3.15. The second-order valence-corrected chi connectivity index (χ2v) is 3.80. The van der Waals surface area contributed by atoms with E-state index in [1.54, 1.807) is 18.2 Å². The van der Waals surface area contributed by atoms with Crippen molar-refractivity contribution < 1.29 is 13.5 Å². The molecule has 90 valence electrons. The van der Waals surface area contributed by atoms with Crippen molar-refractivity contribution in [2.75, 3.05) is 0 Å². The molecule has 5 heteroatoms. The predicted octanol–water partition coefficient (Wildman–Crippen LogP) is 2.45. The van der Waals surface area contributed by atoms with Crippen molar-refractivity contribution in [3.63, 3.8) is 0 Å². The number of benzene rings is 1. The molecule has 0 amide bonds. The van der Waals surface area contributed by atoms with Gasteiger partial charge in [0.25, 0.3) is 0 Å². The van der Waals surface area contributed by atoms with E-state index in [1.807, 2.05) is 13.8 Å². The number of para-hydroxylation sites is 1. The smallest absolute Gasteiger partial charge is 0.387 e. The highest BCUT2D eigenvalue weighted by Gasteiger charge is 2.19. The second kappa shape index (κ2) is 5.77. The lowest BCUT2D eigenvalue weighted by Crippen LogP contribution is -2.32. The van der Waals surface area contributed by atoms with Crippen LogP contribution in [0.5, 0.6) is 5.75 Å². The molecule has 0 aliphatic heterocycles. The normalized spacial score (nSPS) is 13.2. The Kier molecular flexibility index (Phi) is 4.64. The van der Waals surface area contributed by atoms with E-state index >= 15 is 0 Å². The van der Waals surface area contributed by atoms with E-state index in [1.165, 1.54) is 6.07 Å². The predicted molar refractivity (Wildman–Crippen MR) is 58.0 cm³/mol. The first-order valence-electron chi connectivity index (χ1n) is 5.06. The van der Waals surface area contributed by atoms with Crippen molar-refractivity contribution in [2.24, 2.45) is 11.8 Å². The number of hydrazine groups is 1. The fraction of sp³-hybridized carbons (Fsp3) is 0.455. The van der Waals surface area contributed by atoms with Crippen LogP contribution in [0.15, 0.2) is 24.3 Å². The molecule has 3 nitrogen and oxygen atoms in total. The molecule has 0 saturated carbocycles. The minimum Gasteiger partial charge on any atom is -0.434 e. The van der Waals surface area contributed by atoms with Crippen molar-refractivity contribution in [1.82, 2.24) is 5.43 Å². The number of alkyl halides is 2. The number of nitrogens with two attached hydrogens (primary N) is 1. The number of hydrogen-bond acceptors (Lipinski definition) is 3. The molecule has 0 aliphatic carbocycles. The zero-order chi connectivity index (χ0) is 12.1. The number of rotatable bonds is 5. The molecule has 0 saturated heterocycles. The number of ether oxygens (including phenoxy) is 1. The molecule has 1 aromatic rings. The van der Waals surface area contributed by atoms with Crippen LogP contribution >= 0.6 is 0 Å². The summed E-state index contributed by atoms with van der Waals surface area (Å²) in [4.78, 5) is 0. The quantitative estimate of drug-likeness (QED) is 0.603. The lowest BCUT2D eigenvalue weighted by atomic mass is 9.96. The van der Waals surface area contributed by atoms with Crippen molar-refractivity contribution in [2.45, 2.75) is 26.5 Å². The molecule has 0 spiro atoms. The Labute approximate surface area is 93.6 Å². The molecule has 1 atom stereocenters. The first kappa shape index (κ1) is 12.9. The van der Waals surface area contributed by atoms with Gasteiger partial charge >= 0.3 is 6.61 Å². The molecule has 16 heavy (non-hydrogen) atoms. The molecule has 0 fully saturated rings. The van der Waals surface area contributed by atoms with Gasteiger partial charge in [-0.05, 0) is 12.0 Å². The van der Waals surface area contributed by atoms with Gasteiger partial charge < -0.3 is 4.74 Å². The summed E-state index contributed by atoms with van der Waals surface area (Å²) in [7, 11) is 0. The minimum atomic E-state index is -2.83. The van der Waals surface area contributed by atoms with E-state index in [2.05, 4.69) is 10.2 Å². The molecule has 0 heterocycles. The van der Waals surface area contributed by atoms with Gasteiger partial charge in [0.2, 0.25) is 0 Å². The van der Waals surface area contributed by atoms with Crippen LogP contribution < -0.4 is 16.0 Å². The number of halogens is 2. The van der Waals surface area contributed by atoms with Crippen LogP contribution in [0.25, 0.3) is 0 Å². The van der Waals surface area contributed by atoms with Crippen molar-refractivity contribution >= 4 is 0 Å². The fourth-order valence-electron chi connectivity index (χ4n) is 1.58. The average Bonchev–Trinajstić information content (AvgIpc) is 2.20. The van der Waals surface area contributed by atoms with Crippen molar-refractivity contribution in [1.29, 1.82) is 0 Å². The minimum absolute atomic E-state index is 0.161. The third-order valence-electron chi connectivity index (χ3n) is 2.32. The summed E-state index contributed by atoms with van der Waals surface area (Å²) in [5, 5.41) is 0. The standard InChI is InChI=1S/C11H16F2N2O/c1-7(2)10(15-14)8-5-3-4-6-9(8)16-11(12)13/h3-7,10-11,15H,14H2,1-2H3. The van der Waals surface area contributed by atoms with E-state index in [9.17, 15) is 8.78 Å². The molecule has 0 bridgehead atoms. The summed E-state index contributed by atoms with van der Waals surface area (Å²) in [6.45, 7) is 1.07. The van der Waals surface area contributed by atoms with Gasteiger partial charge in [0.1, 0.15) is 5.75 Å². The Balaban J connectivity index is 3.01. The summed E-state index contributed by atoms with van der Waals surface area (Å²) < 4.78 is 28.8. The third-order valence-corrected chi connectivity index (χ3v) is 2.32. The van der Waals surface area contributed by atoms with Crippen LogP contribution in [0.2, 0.25) is 0 Å². The van der Waals surface area contributed by atoms with Gasteiger partial charge in [0.05, 0.1) is 6.04 Å². The zero-order valence-electron chi connectivity index (χ0n) is 9.28. The Hall–Kier alpha value is -1.20. The van der Waals surface area contributed by atoms with Crippen LogP contribution in [0.1, 0.15) is 25.5 Å². The van der Waals surface area contributed by atoms with E-state index in [0.717, 1.165) is 0 Å². The summed E-state index contributed by atoms with van der Waals surface area (Å²) in [6.07, 6.45) is 0. The van der Waals surface area contributed by atoms with E-state index in [-0.39, 0.29) is 17.7 Å². The molecule has 3 N–H and O–H groups in total. The first-order valence-corrected chi connectivity index (χ1v) is 5.06.